The van der Waals surface area contributed by atoms with Crippen LogP contribution in [0.15, 0.2) is 12.4 Å². The molecular weight excluding hydrogens is 198 g/mol. The first kappa shape index (κ1) is 13.1. The van der Waals surface area contributed by atoms with Crippen LogP contribution in [0.4, 0.5) is 0 Å². The second-order valence-electron chi connectivity index (χ2n) is 4.23. The van der Waals surface area contributed by atoms with Crippen molar-refractivity contribution in [1.29, 1.82) is 0 Å². The molecule has 3 heteroatoms. The first-order chi connectivity index (χ1) is 7.72. The molecule has 0 aliphatic heterocycles. The molecule has 1 aromatic heterocycles. The van der Waals surface area contributed by atoms with E-state index < -0.39 is 0 Å². The molecule has 0 radical (unpaired) electrons. The standard InChI is InChI=1S/C13H23N3/c1-5-11(6-2)12(14-7-3)13-15-8-10(4)9-16-13/h8-9,11-12,14H,5-7H2,1-4H3. The Kier molecular flexibility index (Phi) is 5.39. The van der Waals surface area contributed by atoms with Gasteiger partial charge in [-0.05, 0) is 24.9 Å². The van der Waals surface area contributed by atoms with Crippen molar-refractivity contribution in [1.82, 2.24) is 15.3 Å². The number of nitrogens with zero attached hydrogens (tertiary/aromatic N) is 2. The van der Waals surface area contributed by atoms with Gasteiger partial charge in [0.2, 0.25) is 0 Å². The quantitative estimate of drug-likeness (QED) is 0.802. The normalized spacial score (nSPS) is 13.1. The van der Waals surface area contributed by atoms with Crippen molar-refractivity contribution in [3.8, 4) is 0 Å². The fourth-order valence-corrected chi connectivity index (χ4v) is 2.01. The molecule has 90 valence electrons. The van der Waals surface area contributed by atoms with Crippen molar-refractivity contribution in [3.05, 3.63) is 23.8 Å². The van der Waals surface area contributed by atoms with Crippen LogP contribution in [0.2, 0.25) is 0 Å². The SMILES string of the molecule is CCNC(c1ncc(C)cn1)C(CC)CC. The van der Waals surface area contributed by atoms with Crippen LogP contribution >= 0.6 is 0 Å². The van der Waals surface area contributed by atoms with E-state index in [0.29, 0.717) is 12.0 Å². The number of nitrogens with one attached hydrogen (secondary N) is 1. The van der Waals surface area contributed by atoms with Gasteiger partial charge in [0.1, 0.15) is 5.82 Å². The summed E-state index contributed by atoms with van der Waals surface area (Å²) in [5, 5.41) is 3.50. The van der Waals surface area contributed by atoms with E-state index >= 15 is 0 Å². The molecule has 1 N–H and O–H groups in total. The van der Waals surface area contributed by atoms with E-state index in [4.69, 9.17) is 0 Å². The lowest BCUT2D eigenvalue weighted by Crippen LogP contribution is -2.29. The summed E-state index contributed by atoms with van der Waals surface area (Å²) in [7, 11) is 0. The molecule has 3 nitrogen and oxygen atoms in total. The molecule has 0 saturated carbocycles. The summed E-state index contributed by atoms with van der Waals surface area (Å²) in [4.78, 5) is 8.88. The first-order valence-electron chi connectivity index (χ1n) is 6.24. The highest BCUT2D eigenvalue weighted by Gasteiger charge is 2.21. The molecule has 1 heterocycles. The van der Waals surface area contributed by atoms with Crippen molar-refractivity contribution in [2.75, 3.05) is 6.54 Å². The van der Waals surface area contributed by atoms with Crippen molar-refractivity contribution < 1.29 is 0 Å². The molecule has 0 aliphatic carbocycles. The third kappa shape index (κ3) is 3.27. The topological polar surface area (TPSA) is 37.8 Å². The Morgan fingerprint density at radius 2 is 1.69 bits per heavy atom. The smallest absolute Gasteiger partial charge is 0.145 e. The van der Waals surface area contributed by atoms with E-state index in [9.17, 15) is 0 Å². The van der Waals surface area contributed by atoms with Crippen molar-refractivity contribution >= 4 is 0 Å². The predicted octanol–water partition coefficient (Wildman–Crippen LogP) is 2.87. The fraction of sp³-hybridized carbons (Fsp3) is 0.692. The zero-order valence-corrected chi connectivity index (χ0v) is 10.8. The largest absolute Gasteiger partial charge is 0.307 e. The van der Waals surface area contributed by atoms with E-state index in [1.807, 2.05) is 19.3 Å². The zero-order valence-electron chi connectivity index (χ0n) is 10.8. The van der Waals surface area contributed by atoms with Crippen LogP contribution in [0.1, 0.15) is 51.0 Å². The van der Waals surface area contributed by atoms with Gasteiger partial charge in [-0.3, -0.25) is 0 Å². The van der Waals surface area contributed by atoms with Crippen LogP contribution in [0.25, 0.3) is 0 Å². The minimum atomic E-state index is 0.292. The number of aromatic nitrogens is 2. The van der Waals surface area contributed by atoms with Gasteiger partial charge in [-0.1, -0.05) is 33.6 Å². The van der Waals surface area contributed by atoms with Crippen molar-refractivity contribution in [2.45, 2.75) is 46.6 Å². The maximum Gasteiger partial charge on any atom is 0.145 e. The molecule has 0 saturated heterocycles. The lowest BCUT2D eigenvalue weighted by molar-refractivity contribution is 0.333. The Balaban J connectivity index is 2.87. The highest BCUT2D eigenvalue weighted by molar-refractivity contribution is 5.05. The average Bonchev–Trinajstić information content (AvgIpc) is 2.31. The molecule has 0 amide bonds. The summed E-state index contributed by atoms with van der Waals surface area (Å²) >= 11 is 0. The second-order valence-corrected chi connectivity index (χ2v) is 4.23. The minimum Gasteiger partial charge on any atom is -0.307 e. The summed E-state index contributed by atoms with van der Waals surface area (Å²) in [6.07, 6.45) is 6.11. The van der Waals surface area contributed by atoms with Gasteiger partial charge in [0.25, 0.3) is 0 Å². The molecule has 1 unspecified atom stereocenters. The summed E-state index contributed by atoms with van der Waals surface area (Å²) in [5.74, 6) is 1.55. The number of rotatable bonds is 6. The Morgan fingerprint density at radius 3 is 2.12 bits per heavy atom. The highest BCUT2D eigenvalue weighted by Crippen LogP contribution is 2.24. The molecule has 1 aromatic rings. The molecule has 0 fully saturated rings. The monoisotopic (exact) mass is 221 g/mol. The van der Waals surface area contributed by atoms with Crippen LogP contribution in [-0.4, -0.2) is 16.5 Å². The molecule has 16 heavy (non-hydrogen) atoms. The maximum atomic E-state index is 4.44. The Morgan fingerprint density at radius 1 is 1.12 bits per heavy atom. The maximum absolute atomic E-state index is 4.44. The van der Waals surface area contributed by atoms with E-state index in [0.717, 1.165) is 30.8 Å². The Labute approximate surface area is 98.7 Å². The van der Waals surface area contributed by atoms with E-state index in [1.54, 1.807) is 0 Å². The Hall–Kier alpha value is -0.960. The predicted molar refractivity (Wildman–Crippen MR) is 67.3 cm³/mol. The third-order valence-corrected chi connectivity index (χ3v) is 3.02. The van der Waals surface area contributed by atoms with Gasteiger partial charge in [0.15, 0.2) is 0 Å². The van der Waals surface area contributed by atoms with E-state index in [-0.39, 0.29) is 0 Å². The van der Waals surface area contributed by atoms with Gasteiger partial charge < -0.3 is 5.32 Å². The molecule has 0 aromatic carbocycles. The molecule has 1 rings (SSSR count). The molecule has 0 bridgehead atoms. The molecule has 1 atom stereocenters. The van der Waals surface area contributed by atoms with Gasteiger partial charge in [0, 0.05) is 12.4 Å². The van der Waals surface area contributed by atoms with Crippen LogP contribution in [-0.2, 0) is 0 Å². The van der Waals surface area contributed by atoms with Gasteiger partial charge >= 0.3 is 0 Å². The van der Waals surface area contributed by atoms with Gasteiger partial charge in [-0.25, -0.2) is 9.97 Å². The van der Waals surface area contributed by atoms with E-state index in [2.05, 4.69) is 36.1 Å². The van der Waals surface area contributed by atoms with Crippen molar-refractivity contribution in [2.24, 2.45) is 5.92 Å². The fourth-order valence-electron chi connectivity index (χ4n) is 2.01. The number of aryl methyl sites for hydroxylation is 1. The summed E-state index contributed by atoms with van der Waals surface area (Å²) in [5.41, 5.74) is 1.11. The molecular formula is C13H23N3. The zero-order chi connectivity index (χ0) is 12.0. The van der Waals surface area contributed by atoms with E-state index in [1.165, 1.54) is 0 Å². The van der Waals surface area contributed by atoms with Crippen LogP contribution in [0, 0.1) is 12.8 Å². The third-order valence-electron chi connectivity index (χ3n) is 3.02. The van der Waals surface area contributed by atoms with Gasteiger partial charge in [0.05, 0.1) is 6.04 Å². The lowest BCUT2D eigenvalue weighted by Gasteiger charge is -2.24. The number of hydrogen-bond acceptors (Lipinski definition) is 3. The first-order valence-corrected chi connectivity index (χ1v) is 6.24. The highest BCUT2D eigenvalue weighted by atomic mass is 15.0. The summed E-state index contributed by atoms with van der Waals surface area (Å²) < 4.78 is 0. The second kappa shape index (κ2) is 6.59. The summed E-state index contributed by atoms with van der Waals surface area (Å²) in [6.45, 7) is 9.56. The van der Waals surface area contributed by atoms with Gasteiger partial charge in [-0.15, -0.1) is 0 Å². The van der Waals surface area contributed by atoms with Crippen LogP contribution in [0.3, 0.4) is 0 Å². The number of hydrogen-bond donors (Lipinski definition) is 1. The van der Waals surface area contributed by atoms with Gasteiger partial charge in [-0.2, -0.15) is 0 Å². The molecule has 0 aliphatic rings. The minimum absolute atomic E-state index is 0.292. The lowest BCUT2D eigenvalue weighted by atomic mass is 9.93. The van der Waals surface area contributed by atoms with Crippen LogP contribution < -0.4 is 5.32 Å². The summed E-state index contributed by atoms with van der Waals surface area (Å²) in [6, 6.07) is 0.292. The Bertz CT molecular complexity index is 291. The average molecular weight is 221 g/mol. The van der Waals surface area contributed by atoms with Crippen LogP contribution in [0.5, 0.6) is 0 Å². The molecule has 0 spiro atoms. The van der Waals surface area contributed by atoms with Crippen molar-refractivity contribution in [3.63, 3.8) is 0 Å².